The number of benzene rings is 1. The molecule has 0 saturated carbocycles. The van der Waals surface area contributed by atoms with Crippen LogP contribution in [-0.2, 0) is 0 Å². The quantitative estimate of drug-likeness (QED) is 0.738. The zero-order valence-electron chi connectivity index (χ0n) is 15.4. The minimum Gasteiger partial charge on any atom is -0.494 e. The zero-order valence-corrected chi connectivity index (χ0v) is 15.4. The average Bonchev–Trinajstić information content (AvgIpc) is 2.61. The van der Waals surface area contributed by atoms with Crippen LogP contribution in [0.5, 0.6) is 5.75 Å². The van der Waals surface area contributed by atoms with Crippen molar-refractivity contribution >= 4 is 5.91 Å². The Morgan fingerprint density at radius 3 is 2.50 bits per heavy atom. The second-order valence-electron chi connectivity index (χ2n) is 7.01. The Hall–Kier alpha value is -1.55. The van der Waals surface area contributed by atoms with Crippen molar-refractivity contribution in [1.29, 1.82) is 0 Å². The summed E-state index contributed by atoms with van der Waals surface area (Å²) in [6.45, 7) is 10.4. The molecular formula is C20H32N2O2. The number of rotatable bonds is 8. The van der Waals surface area contributed by atoms with Gasteiger partial charge in [-0.1, -0.05) is 13.3 Å². The molecule has 0 bridgehead atoms. The van der Waals surface area contributed by atoms with E-state index >= 15 is 0 Å². The van der Waals surface area contributed by atoms with Gasteiger partial charge in [0.15, 0.2) is 0 Å². The van der Waals surface area contributed by atoms with Crippen LogP contribution in [0.3, 0.4) is 0 Å². The highest BCUT2D eigenvalue weighted by atomic mass is 16.5. The summed E-state index contributed by atoms with van der Waals surface area (Å²) in [5.74, 6) is 1.45. The molecule has 1 aromatic rings. The van der Waals surface area contributed by atoms with E-state index in [0.29, 0.717) is 17.5 Å². The molecule has 0 spiro atoms. The van der Waals surface area contributed by atoms with E-state index in [1.165, 1.54) is 12.8 Å². The fourth-order valence-corrected chi connectivity index (χ4v) is 3.05. The van der Waals surface area contributed by atoms with Crippen molar-refractivity contribution in [3.63, 3.8) is 0 Å². The van der Waals surface area contributed by atoms with Crippen molar-refractivity contribution in [2.24, 2.45) is 5.92 Å². The van der Waals surface area contributed by atoms with Crippen LogP contribution in [0, 0.1) is 5.92 Å². The molecule has 1 aliphatic rings. The maximum Gasteiger partial charge on any atom is 0.251 e. The van der Waals surface area contributed by atoms with E-state index in [4.69, 9.17) is 4.74 Å². The lowest BCUT2D eigenvalue weighted by Crippen LogP contribution is -2.41. The number of likely N-dealkylation sites (tertiary alicyclic amines) is 1. The number of carbonyl (C=O) groups excluding carboxylic acids is 1. The van der Waals surface area contributed by atoms with Crippen molar-refractivity contribution in [2.75, 3.05) is 26.2 Å². The first kappa shape index (κ1) is 18.8. The van der Waals surface area contributed by atoms with Gasteiger partial charge in [0.05, 0.1) is 6.61 Å². The van der Waals surface area contributed by atoms with Gasteiger partial charge in [0, 0.05) is 18.2 Å². The number of hydrogen-bond acceptors (Lipinski definition) is 3. The van der Waals surface area contributed by atoms with Crippen LogP contribution in [0.4, 0.5) is 0 Å². The Labute approximate surface area is 146 Å². The topological polar surface area (TPSA) is 41.6 Å². The van der Waals surface area contributed by atoms with E-state index in [1.54, 1.807) is 0 Å². The van der Waals surface area contributed by atoms with Crippen LogP contribution in [-0.4, -0.2) is 43.1 Å². The van der Waals surface area contributed by atoms with Crippen LogP contribution in [0.2, 0.25) is 0 Å². The summed E-state index contributed by atoms with van der Waals surface area (Å²) < 4.78 is 5.63. The fourth-order valence-electron chi connectivity index (χ4n) is 3.05. The first-order valence-corrected chi connectivity index (χ1v) is 9.35. The lowest BCUT2D eigenvalue weighted by Gasteiger charge is -2.34. The van der Waals surface area contributed by atoms with Crippen LogP contribution in [0.15, 0.2) is 24.3 Å². The maximum absolute atomic E-state index is 12.3. The van der Waals surface area contributed by atoms with Gasteiger partial charge in [-0.3, -0.25) is 4.79 Å². The van der Waals surface area contributed by atoms with E-state index in [9.17, 15) is 4.79 Å². The van der Waals surface area contributed by atoms with Gasteiger partial charge in [0.1, 0.15) is 5.75 Å². The predicted octanol–water partition coefficient (Wildman–Crippen LogP) is 3.72. The number of piperidine rings is 1. The molecule has 0 aromatic heterocycles. The van der Waals surface area contributed by atoms with E-state index in [-0.39, 0.29) is 5.91 Å². The lowest BCUT2D eigenvalue weighted by atomic mass is 9.96. The number of nitrogens with one attached hydrogen (secondary N) is 1. The monoisotopic (exact) mass is 332 g/mol. The molecule has 1 heterocycles. The number of unbranched alkanes of at least 4 members (excludes halogenated alkanes) is 1. The standard InChI is InChI=1S/C20H32N2O2/c1-4-5-14-24-19-8-6-18(7-9-19)20(23)21-15-17-10-12-22(13-11-17)16(2)3/h6-9,16-17H,4-5,10-15H2,1-3H3,(H,21,23). The van der Waals surface area contributed by atoms with Gasteiger partial charge < -0.3 is 15.0 Å². The smallest absolute Gasteiger partial charge is 0.251 e. The van der Waals surface area contributed by atoms with Gasteiger partial charge in [0.25, 0.3) is 5.91 Å². The highest BCUT2D eigenvalue weighted by molar-refractivity contribution is 5.94. The molecule has 1 aromatic carbocycles. The summed E-state index contributed by atoms with van der Waals surface area (Å²) in [7, 11) is 0. The van der Waals surface area contributed by atoms with Crippen LogP contribution >= 0.6 is 0 Å². The van der Waals surface area contributed by atoms with E-state index < -0.39 is 0 Å². The largest absolute Gasteiger partial charge is 0.494 e. The normalized spacial score (nSPS) is 16.3. The molecule has 1 N–H and O–H groups in total. The molecule has 1 saturated heterocycles. The Morgan fingerprint density at radius 1 is 1.25 bits per heavy atom. The SMILES string of the molecule is CCCCOc1ccc(C(=O)NCC2CCN(C(C)C)CC2)cc1. The van der Waals surface area contributed by atoms with Gasteiger partial charge in [-0.2, -0.15) is 0 Å². The molecule has 1 amide bonds. The van der Waals surface area contributed by atoms with Crippen molar-refractivity contribution in [3.8, 4) is 5.75 Å². The van der Waals surface area contributed by atoms with E-state index in [0.717, 1.165) is 44.8 Å². The molecule has 0 aliphatic carbocycles. The first-order chi connectivity index (χ1) is 11.6. The van der Waals surface area contributed by atoms with Crippen molar-refractivity contribution in [3.05, 3.63) is 29.8 Å². The van der Waals surface area contributed by atoms with E-state index in [1.807, 2.05) is 24.3 Å². The highest BCUT2D eigenvalue weighted by Crippen LogP contribution is 2.18. The molecule has 4 heteroatoms. The minimum absolute atomic E-state index is 0.0152. The third-order valence-corrected chi connectivity index (χ3v) is 4.81. The Kier molecular flexibility index (Phi) is 7.57. The summed E-state index contributed by atoms with van der Waals surface area (Å²) in [6, 6.07) is 8.08. The number of hydrogen-bond donors (Lipinski definition) is 1. The predicted molar refractivity (Wildman–Crippen MR) is 98.6 cm³/mol. The van der Waals surface area contributed by atoms with Crippen LogP contribution in [0.1, 0.15) is 56.8 Å². The summed E-state index contributed by atoms with van der Waals surface area (Å²) in [5, 5.41) is 3.09. The molecule has 24 heavy (non-hydrogen) atoms. The molecule has 0 radical (unpaired) electrons. The zero-order chi connectivity index (χ0) is 17.4. The van der Waals surface area contributed by atoms with Gasteiger partial charge in [-0.05, 0) is 76.4 Å². The van der Waals surface area contributed by atoms with E-state index in [2.05, 4.69) is 31.0 Å². The molecule has 0 unspecified atom stereocenters. The number of carbonyl (C=O) groups is 1. The van der Waals surface area contributed by atoms with Crippen LogP contribution < -0.4 is 10.1 Å². The van der Waals surface area contributed by atoms with Crippen molar-refractivity contribution in [2.45, 2.75) is 52.5 Å². The lowest BCUT2D eigenvalue weighted by molar-refractivity contribution is 0.0929. The molecule has 1 fully saturated rings. The molecular weight excluding hydrogens is 300 g/mol. The Balaban J connectivity index is 1.72. The average molecular weight is 332 g/mol. The Bertz CT molecular complexity index is 491. The van der Waals surface area contributed by atoms with Crippen molar-refractivity contribution < 1.29 is 9.53 Å². The Morgan fingerprint density at radius 2 is 1.92 bits per heavy atom. The number of amides is 1. The van der Waals surface area contributed by atoms with Crippen molar-refractivity contribution in [1.82, 2.24) is 10.2 Å². The van der Waals surface area contributed by atoms with Gasteiger partial charge in [0.2, 0.25) is 0 Å². The van der Waals surface area contributed by atoms with Gasteiger partial charge >= 0.3 is 0 Å². The third-order valence-electron chi connectivity index (χ3n) is 4.81. The summed E-state index contributed by atoms with van der Waals surface area (Å²) >= 11 is 0. The minimum atomic E-state index is 0.0152. The second kappa shape index (κ2) is 9.67. The van der Waals surface area contributed by atoms with Crippen LogP contribution in [0.25, 0.3) is 0 Å². The van der Waals surface area contributed by atoms with Gasteiger partial charge in [-0.25, -0.2) is 0 Å². The molecule has 2 rings (SSSR count). The second-order valence-corrected chi connectivity index (χ2v) is 7.01. The van der Waals surface area contributed by atoms with Gasteiger partial charge in [-0.15, -0.1) is 0 Å². The molecule has 0 atom stereocenters. The number of nitrogens with zero attached hydrogens (tertiary/aromatic N) is 1. The number of ether oxygens (including phenoxy) is 1. The molecule has 134 valence electrons. The third kappa shape index (κ3) is 5.82. The first-order valence-electron chi connectivity index (χ1n) is 9.35. The highest BCUT2D eigenvalue weighted by Gasteiger charge is 2.21. The summed E-state index contributed by atoms with van der Waals surface area (Å²) in [4.78, 5) is 14.8. The maximum atomic E-state index is 12.3. The fraction of sp³-hybridized carbons (Fsp3) is 0.650. The summed E-state index contributed by atoms with van der Waals surface area (Å²) in [5.41, 5.74) is 0.706. The summed E-state index contributed by atoms with van der Waals surface area (Å²) in [6.07, 6.45) is 4.51. The molecule has 1 aliphatic heterocycles. The molecule has 4 nitrogen and oxygen atoms in total.